The molecular weight excluding hydrogens is 358 g/mol. The number of nitrogens with one attached hydrogen (secondary N) is 1. The first-order valence-corrected chi connectivity index (χ1v) is 9.63. The number of aromatic nitrogens is 5. The molecule has 0 aliphatic carbocycles. The van der Waals surface area contributed by atoms with Crippen molar-refractivity contribution in [3.05, 3.63) is 54.2 Å². The quantitative estimate of drug-likeness (QED) is 0.532. The van der Waals surface area contributed by atoms with Crippen molar-refractivity contribution in [2.24, 2.45) is 0 Å². The van der Waals surface area contributed by atoms with Crippen molar-refractivity contribution in [2.45, 2.75) is 13.1 Å². The smallest absolute Gasteiger partial charge is 0.146 e. The molecule has 7 nitrogen and oxygen atoms in total. The van der Waals surface area contributed by atoms with Crippen molar-refractivity contribution >= 4 is 27.4 Å². The van der Waals surface area contributed by atoms with Gasteiger partial charge in [-0.3, -0.25) is 4.68 Å². The lowest BCUT2D eigenvalue weighted by Gasteiger charge is -2.13. The second-order valence-corrected chi connectivity index (χ2v) is 7.37. The molecule has 1 N–H and O–H groups in total. The van der Waals surface area contributed by atoms with Crippen molar-refractivity contribution in [1.82, 2.24) is 29.6 Å². The summed E-state index contributed by atoms with van der Waals surface area (Å²) in [6.07, 6.45) is 3.26. The molecule has 27 heavy (non-hydrogen) atoms. The normalized spacial score (nSPS) is 11.4. The van der Waals surface area contributed by atoms with Gasteiger partial charge in [-0.1, -0.05) is 30.3 Å². The fourth-order valence-corrected chi connectivity index (χ4v) is 3.90. The van der Waals surface area contributed by atoms with Gasteiger partial charge in [0.05, 0.1) is 18.5 Å². The maximum absolute atomic E-state index is 4.82. The van der Waals surface area contributed by atoms with Crippen molar-refractivity contribution in [1.29, 1.82) is 0 Å². The Morgan fingerprint density at radius 3 is 2.74 bits per heavy atom. The Balaban J connectivity index is 1.71. The molecule has 3 aromatic heterocycles. The minimum atomic E-state index is 0.701. The highest BCUT2D eigenvalue weighted by molar-refractivity contribution is 7.17. The van der Waals surface area contributed by atoms with Crippen LogP contribution in [0, 0.1) is 0 Å². The predicted octanol–water partition coefficient (Wildman–Crippen LogP) is 3.12. The molecule has 0 aliphatic heterocycles. The number of fused-ring (bicyclic) bond motifs is 1. The van der Waals surface area contributed by atoms with E-state index in [0.717, 1.165) is 34.0 Å². The Bertz CT molecular complexity index is 1010. The van der Waals surface area contributed by atoms with Gasteiger partial charge in [0, 0.05) is 17.5 Å². The molecule has 0 amide bonds. The first-order chi connectivity index (χ1) is 13.2. The molecule has 0 saturated heterocycles. The van der Waals surface area contributed by atoms with Gasteiger partial charge >= 0.3 is 0 Å². The highest BCUT2D eigenvalue weighted by Crippen LogP contribution is 2.36. The van der Waals surface area contributed by atoms with Gasteiger partial charge in [0.2, 0.25) is 0 Å². The van der Waals surface area contributed by atoms with Crippen LogP contribution in [-0.2, 0) is 13.1 Å². The molecule has 0 unspecified atom stereocenters. The Morgan fingerprint density at radius 2 is 2.00 bits per heavy atom. The van der Waals surface area contributed by atoms with E-state index in [1.54, 1.807) is 28.7 Å². The van der Waals surface area contributed by atoms with Gasteiger partial charge in [-0.2, -0.15) is 5.10 Å². The van der Waals surface area contributed by atoms with Crippen LogP contribution in [0.4, 0.5) is 5.82 Å². The first-order valence-electron chi connectivity index (χ1n) is 8.75. The van der Waals surface area contributed by atoms with Gasteiger partial charge in [0.15, 0.2) is 0 Å². The summed E-state index contributed by atoms with van der Waals surface area (Å²) in [5.41, 5.74) is 2.34. The Hall–Kier alpha value is -2.84. The molecule has 1 aromatic carbocycles. The van der Waals surface area contributed by atoms with Gasteiger partial charge < -0.3 is 10.2 Å². The summed E-state index contributed by atoms with van der Waals surface area (Å²) in [7, 11) is 4.05. The molecule has 0 aliphatic rings. The van der Waals surface area contributed by atoms with Gasteiger partial charge in [-0.15, -0.1) is 11.3 Å². The van der Waals surface area contributed by atoms with Crippen molar-refractivity contribution in [3.8, 4) is 11.1 Å². The van der Waals surface area contributed by atoms with Crippen molar-refractivity contribution in [2.75, 3.05) is 26.0 Å². The summed E-state index contributed by atoms with van der Waals surface area (Å²) in [5, 5.41) is 10.9. The van der Waals surface area contributed by atoms with Gasteiger partial charge in [-0.25, -0.2) is 15.0 Å². The third kappa shape index (κ3) is 3.96. The first kappa shape index (κ1) is 17.6. The third-order valence-electron chi connectivity index (χ3n) is 4.12. The molecule has 4 aromatic rings. The van der Waals surface area contributed by atoms with Crippen LogP contribution in [-0.4, -0.2) is 50.3 Å². The minimum Gasteiger partial charge on any atom is -0.368 e. The summed E-state index contributed by atoms with van der Waals surface area (Å²) < 4.78 is 1.80. The molecule has 0 radical (unpaired) electrons. The number of benzene rings is 1. The van der Waals surface area contributed by atoms with Crippen LogP contribution < -0.4 is 5.32 Å². The molecule has 0 spiro atoms. The minimum absolute atomic E-state index is 0.701. The van der Waals surface area contributed by atoms with Crippen molar-refractivity contribution in [3.63, 3.8) is 0 Å². The third-order valence-corrected chi connectivity index (χ3v) is 4.99. The van der Waals surface area contributed by atoms with E-state index in [2.05, 4.69) is 49.9 Å². The fraction of sp³-hybridized carbons (Fsp3) is 0.263. The van der Waals surface area contributed by atoms with E-state index in [1.165, 1.54) is 5.56 Å². The number of rotatable bonds is 7. The van der Waals surface area contributed by atoms with E-state index in [4.69, 9.17) is 9.97 Å². The van der Waals surface area contributed by atoms with E-state index >= 15 is 0 Å². The van der Waals surface area contributed by atoms with Crippen LogP contribution in [0.25, 0.3) is 21.3 Å². The van der Waals surface area contributed by atoms with Gasteiger partial charge in [0.25, 0.3) is 0 Å². The standard InChI is InChI=1S/C19H21N7S/c1-25(2)10-16-23-18(21-8-9-26-13-20-12-22-26)17-15(11-27-19(17)24-16)14-6-4-3-5-7-14/h3-7,11-13H,8-10H2,1-2H3,(H,21,23,24). The van der Waals surface area contributed by atoms with E-state index in [-0.39, 0.29) is 0 Å². The fourth-order valence-electron chi connectivity index (χ4n) is 2.93. The summed E-state index contributed by atoms with van der Waals surface area (Å²) >= 11 is 1.66. The summed E-state index contributed by atoms with van der Waals surface area (Å²) in [6.45, 7) is 2.13. The summed E-state index contributed by atoms with van der Waals surface area (Å²) in [4.78, 5) is 16.7. The monoisotopic (exact) mass is 379 g/mol. The number of hydrogen-bond acceptors (Lipinski definition) is 7. The van der Waals surface area contributed by atoms with Gasteiger partial charge in [0.1, 0.15) is 29.1 Å². The zero-order chi connectivity index (χ0) is 18.6. The lowest BCUT2D eigenvalue weighted by Crippen LogP contribution is -2.16. The van der Waals surface area contributed by atoms with E-state index in [0.29, 0.717) is 13.1 Å². The number of nitrogens with zero attached hydrogens (tertiary/aromatic N) is 6. The van der Waals surface area contributed by atoms with Crippen LogP contribution in [0.15, 0.2) is 48.4 Å². The molecule has 138 valence electrons. The highest BCUT2D eigenvalue weighted by atomic mass is 32.1. The molecule has 0 saturated carbocycles. The SMILES string of the molecule is CN(C)Cc1nc(NCCn2cncn2)c2c(-c3ccccc3)csc2n1. The molecule has 4 rings (SSSR count). The van der Waals surface area contributed by atoms with Crippen molar-refractivity contribution < 1.29 is 0 Å². The zero-order valence-electron chi connectivity index (χ0n) is 15.3. The molecule has 0 fully saturated rings. The second-order valence-electron chi connectivity index (χ2n) is 6.51. The predicted molar refractivity (Wildman–Crippen MR) is 109 cm³/mol. The van der Waals surface area contributed by atoms with Crippen LogP contribution >= 0.6 is 11.3 Å². The maximum Gasteiger partial charge on any atom is 0.146 e. The Morgan fingerprint density at radius 1 is 1.15 bits per heavy atom. The van der Waals surface area contributed by atoms with E-state index < -0.39 is 0 Å². The van der Waals surface area contributed by atoms with Crippen LogP contribution in [0.2, 0.25) is 0 Å². The average molecular weight is 379 g/mol. The Labute approximate surface area is 161 Å². The number of anilines is 1. The average Bonchev–Trinajstić information content (AvgIpc) is 3.31. The van der Waals surface area contributed by atoms with E-state index in [9.17, 15) is 0 Å². The zero-order valence-corrected chi connectivity index (χ0v) is 16.1. The Kier molecular flexibility index (Phi) is 5.08. The highest BCUT2D eigenvalue weighted by Gasteiger charge is 2.15. The lowest BCUT2D eigenvalue weighted by atomic mass is 10.1. The summed E-state index contributed by atoms with van der Waals surface area (Å²) in [6, 6.07) is 10.4. The molecule has 0 atom stereocenters. The molecule has 0 bridgehead atoms. The largest absolute Gasteiger partial charge is 0.368 e. The molecular formula is C19H21N7S. The second kappa shape index (κ2) is 7.81. The number of hydrogen-bond donors (Lipinski definition) is 1. The number of thiophene rings is 1. The lowest BCUT2D eigenvalue weighted by molar-refractivity contribution is 0.391. The summed E-state index contributed by atoms with van der Waals surface area (Å²) in [5.74, 6) is 1.69. The topological polar surface area (TPSA) is 71.8 Å². The molecule has 3 heterocycles. The van der Waals surface area contributed by atoms with Crippen LogP contribution in [0.5, 0.6) is 0 Å². The molecule has 8 heteroatoms. The van der Waals surface area contributed by atoms with Gasteiger partial charge in [-0.05, 0) is 19.7 Å². The van der Waals surface area contributed by atoms with E-state index in [1.807, 2.05) is 20.2 Å². The van der Waals surface area contributed by atoms with Crippen LogP contribution in [0.1, 0.15) is 5.82 Å². The maximum atomic E-state index is 4.82. The van der Waals surface area contributed by atoms with Crippen LogP contribution in [0.3, 0.4) is 0 Å².